The average Bonchev–Trinajstić information content (AvgIpc) is 2.44. The molecule has 1 rings (SSSR count). The van der Waals surface area contributed by atoms with E-state index in [0.717, 1.165) is 12.0 Å². The Hall–Kier alpha value is -1.38. The van der Waals surface area contributed by atoms with Crippen LogP contribution in [0.4, 0.5) is 0 Å². The smallest absolute Gasteiger partial charge is 0.237 e. The lowest BCUT2D eigenvalue weighted by Crippen LogP contribution is -2.09. The lowest BCUT2D eigenvalue weighted by Gasteiger charge is -2.08. The molecule has 0 fully saturated rings. The minimum absolute atomic E-state index is 0.192. The number of rotatable bonds is 10. The van der Waals surface area contributed by atoms with Crippen LogP contribution in [0.5, 0.6) is 0 Å². The topological polar surface area (TPSA) is 43.1 Å². The Labute approximate surface area is 122 Å². The highest BCUT2D eigenvalue weighted by molar-refractivity contribution is 5.24. The maximum absolute atomic E-state index is 10.9. The van der Waals surface area contributed by atoms with Crippen LogP contribution < -0.4 is 0 Å². The molecule has 3 heteroatoms. The van der Waals surface area contributed by atoms with Gasteiger partial charge in [0, 0.05) is 16.9 Å². The van der Waals surface area contributed by atoms with Crippen molar-refractivity contribution in [1.29, 1.82) is 0 Å². The zero-order valence-corrected chi connectivity index (χ0v) is 12.8. The summed E-state index contributed by atoms with van der Waals surface area (Å²) in [4.78, 5) is 10.7. The Morgan fingerprint density at radius 1 is 1.00 bits per heavy atom. The molecule has 1 aromatic rings. The third-order valence-corrected chi connectivity index (χ3v) is 3.82. The van der Waals surface area contributed by atoms with Crippen molar-refractivity contribution in [2.45, 2.75) is 71.3 Å². The van der Waals surface area contributed by atoms with E-state index < -0.39 is 6.04 Å². The van der Waals surface area contributed by atoms with Crippen LogP contribution in [0.1, 0.15) is 76.0 Å². The number of nitro groups is 1. The van der Waals surface area contributed by atoms with E-state index in [2.05, 4.69) is 6.92 Å². The van der Waals surface area contributed by atoms with Crippen LogP contribution in [0, 0.1) is 10.1 Å². The second-order valence-electron chi connectivity index (χ2n) is 5.47. The van der Waals surface area contributed by atoms with Gasteiger partial charge in [0.2, 0.25) is 6.04 Å². The molecule has 20 heavy (non-hydrogen) atoms. The summed E-state index contributed by atoms with van der Waals surface area (Å²) in [5.41, 5.74) is 2.12. The first kappa shape index (κ1) is 16.7. The molecule has 0 aromatic heterocycles. The second kappa shape index (κ2) is 9.51. The van der Waals surface area contributed by atoms with Crippen LogP contribution in [-0.2, 0) is 6.42 Å². The molecule has 112 valence electrons. The van der Waals surface area contributed by atoms with Crippen molar-refractivity contribution in [2.24, 2.45) is 0 Å². The molecular weight excluding hydrogens is 250 g/mol. The largest absolute Gasteiger partial charge is 0.264 e. The van der Waals surface area contributed by atoms with Gasteiger partial charge >= 0.3 is 0 Å². The van der Waals surface area contributed by atoms with Crippen molar-refractivity contribution in [3.8, 4) is 0 Å². The van der Waals surface area contributed by atoms with Crippen LogP contribution in [0.25, 0.3) is 0 Å². The van der Waals surface area contributed by atoms with Gasteiger partial charge in [-0.1, -0.05) is 70.2 Å². The van der Waals surface area contributed by atoms with Crippen LogP contribution in [0.2, 0.25) is 0 Å². The van der Waals surface area contributed by atoms with Crippen LogP contribution in [-0.4, -0.2) is 4.92 Å². The van der Waals surface area contributed by atoms with Gasteiger partial charge in [-0.2, -0.15) is 0 Å². The monoisotopic (exact) mass is 277 g/mol. The zero-order valence-electron chi connectivity index (χ0n) is 12.8. The van der Waals surface area contributed by atoms with Gasteiger partial charge in [-0.05, 0) is 18.4 Å². The Morgan fingerprint density at radius 3 is 2.15 bits per heavy atom. The molecular formula is C17H27NO2. The van der Waals surface area contributed by atoms with E-state index in [0.29, 0.717) is 6.42 Å². The van der Waals surface area contributed by atoms with E-state index in [1.54, 1.807) is 0 Å². The van der Waals surface area contributed by atoms with Gasteiger partial charge in [0.25, 0.3) is 0 Å². The van der Waals surface area contributed by atoms with Crippen LogP contribution >= 0.6 is 0 Å². The highest BCUT2D eigenvalue weighted by Crippen LogP contribution is 2.21. The number of benzene rings is 1. The number of unbranched alkanes of at least 4 members (excludes halogenated alkanes) is 5. The van der Waals surface area contributed by atoms with Gasteiger partial charge in [0.05, 0.1) is 0 Å². The summed E-state index contributed by atoms with van der Waals surface area (Å²) >= 11 is 0. The standard InChI is InChI=1S/C17H27NO2/c1-3-5-6-7-8-9-10-15-11-13-16(14-12-15)17(4-2)18(19)20/h11-14,17H,3-10H2,1-2H3. The second-order valence-corrected chi connectivity index (χ2v) is 5.47. The van der Waals surface area contributed by atoms with Crippen molar-refractivity contribution in [3.05, 3.63) is 45.5 Å². The Morgan fingerprint density at radius 2 is 1.60 bits per heavy atom. The molecule has 0 heterocycles. The summed E-state index contributed by atoms with van der Waals surface area (Å²) in [7, 11) is 0. The average molecular weight is 277 g/mol. The number of aryl methyl sites for hydroxylation is 1. The lowest BCUT2D eigenvalue weighted by molar-refractivity contribution is -0.529. The van der Waals surface area contributed by atoms with Gasteiger partial charge < -0.3 is 0 Å². The molecule has 0 N–H and O–H groups in total. The van der Waals surface area contributed by atoms with E-state index >= 15 is 0 Å². The summed E-state index contributed by atoms with van der Waals surface area (Å²) in [5.74, 6) is 0. The number of hydrogen-bond acceptors (Lipinski definition) is 2. The number of nitrogens with zero attached hydrogens (tertiary/aromatic N) is 1. The summed E-state index contributed by atoms with van der Waals surface area (Å²) in [6, 6.07) is 7.38. The van der Waals surface area contributed by atoms with E-state index in [1.165, 1.54) is 44.1 Å². The zero-order chi connectivity index (χ0) is 14.8. The van der Waals surface area contributed by atoms with Gasteiger partial charge in [0.15, 0.2) is 0 Å². The molecule has 3 nitrogen and oxygen atoms in total. The Kier molecular flexibility index (Phi) is 7.93. The maximum Gasteiger partial charge on any atom is 0.237 e. The maximum atomic E-state index is 10.9. The summed E-state index contributed by atoms with van der Waals surface area (Å²) in [6.07, 6.45) is 9.43. The molecule has 0 amide bonds. The van der Waals surface area contributed by atoms with Crippen LogP contribution in [0.3, 0.4) is 0 Å². The number of hydrogen-bond donors (Lipinski definition) is 0. The van der Waals surface area contributed by atoms with Crippen molar-refractivity contribution >= 4 is 0 Å². The summed E-state index contributed by atoms with van der Waals surface area (Å²) < 4.78 is 0. The van der Waals surface area contributed by atoms with E-state index in [4.69, 9.17) is 0 Å². The molecule has 0 aliphatic carbocycles. The normalized spacial score (nSPS) is 12.3. The molecule has 0 bridgehead atoms. The molecule has 1 atom stereocenters. The van der Waals surface area contributed by atoms with E-state index in [-0.39, 0.29) is 4.92 Å². The molecule has 1 aromatic carbocycles. The van der Waals surface area contributed by atoms with Gasteiger partial charge in [-0.3, -0.25) is 10.1 Å². The van der Waals surface area contributed by atoms with Crippen LogP contribution in [0.15, 0.2) is 24.3 Å². The molecule has 0 aliphatic rings. The Bertz CT molecular complexity index is 386. The van der Waals surface area contributed by atoms with Crippen molar-refractivity contribution < 1.29 is 4.92 Å². The molecule has 0 radical (unpaired) electrons. The van der Waals surface area contributed by atoms with Crippen molar-refractivity contribution in [3.63, 3.8) is 0 Å². The summed E-state index contributed by atoms with van der Waals surface area (Å²) in [6.45, 7) is 4.09. The van der Waals surface area contributed by atoms with E-state index in [9.17, 15) is 10.1 Å². The first-order chi connectivity index (χ1) is 9.69. The predicted octanol–water partition coefficient (Wildman–Crippen LogP) is 5.32. The molecule has 1 unspecified atom stereocenters. The molecule has 0 saturated carbocycles. The fourth-order valence-electron chi connectivity index (χ4n) is 2.52. The first-order valence-electron chi connectivity index (χ1n) is 7.91. The quantitative estimate of drug-likeness (QED) is 0.330. The fraction of sp³-hybridized carbons (Fsp3) is 0.647. The fourth-order valence-corrected chi connectivity index (χ4v) is 2.52. The molecule has 0 spiro atoms. The Balaban J connectivity index is 2.37. The van der Waals surface area contributed by atoms with Crippen molar-refractivity contribution in [1.82, 2.24) is 0 Å². The highest BCUT2D eigenvalue weighted by atomic mass is 16.6. The van der Waals surface area contributed by atoms with Gasteiger partial charge in [0.1, 0.15) is 0 Å². The van der Waals surface area contributed by atoms with Gasteiger partial charge in [-0.25, -0.2) is 0 Å². The van der Waals surface area contributed by atoms with E-state index in [1.807, 2.05) is 31.2 Å². The van der Waals surface area contributed by atoms with Gasteiger partial charge in [-0.15, -0.1) is 0 Å². The first-order valence-corrected chi connectivity index (χ1v) is 7.91. The molecule has 0 saturated heterocycles. The highest BCUT2D eigenvalue weighted by Gasteiger charge is 2.19. The summed E-state index contributed by atoms with van der Waals surface area (Å²) in [5, 5.41) is 10.9. The SMILES string of the molecule is CCCCCCCCc1ccc(C(CC)[N+](=O)[O-])cc1. The lowest BCUT2D eigenvalue weighted by atomic mass is 10.0. The third-order valence-electron chi connectivity index (χ3n) is 3.82. The third kappa shape index (κ3) is 5.72. The molecule has 0 aliphatic heterocycles. The minimum atomic E-state index is -0.557. The minimum Gasteiger partial charge on any atom is -0.264 e. The predicted molar refractivity (Wildman–Crippen MR) is 83.5 cm³/mol. The van der Waals surface area contributed by atoms with Crippen molar-refractivity contribution in [2.75, 3.05) is 0 Å².